The molecule has 2 unspecified atom stereocenters. The highest BCUT2D eigenvalue weighted by Crippen LogP contribution is 2.47. The number of benzene rings is 1. The lowest BCUT2D eigenvalue weighted by molar-refractivity contribution is -0.111. The lowest BCUT2D eigenvalue weighted by Crippen LogP contribution is -2.24. The number of amides is 1. The number of imidazole rings is 1. The van der Waals surface area contributed by atoms with Crippen LogP contribution in [-0.4, -0.2) is 15.9 Å². The number of H-pyrrole nitrogens is 1. The van der Waals surface area contributed by atoms with Crippen LogP contribution in [0.2, 0.25) is 0 Å². The summed E-state index contributed by atoms with van der Waals surface area (Å²) in [4.78, 5) is 19.3. The van der Waals surface area contributed by atoms with Crippen LogP contribution in [0.3, 0.4) is 0 Å². The molecular formula is C19H21N3O. The van der Waals surface area contributed by atoms with Crippen LogP contribution in [0.1, 0.15) is 44.6 Å². The van der Waals surface area contributed by atoms with Crippen LogP contribution in [0.4, 0.5) is 5.69 Å². The standard InChI is InChI=1S/C19H21N3O/c1-3-5-18(23)22-17-12-14(19-20-10-11-21-19)7-9-16(17)15-8-6-13(15)4-2/h7,9-13,15H,4,6,8H2,1-2H3,(H,20,21)(H,22,23). The Hall–Kier alpha value is -2.54. The first-order valence-electron chi connectivity index (χ1n) is 8.10. The molecule has 0 radical (unpaired) electrons. The third kappa shape index (κ3) is 3.14. The predicted octanol–water partition coefficient (Wildman–Crippen LogP) is 3.94. The number of nitrogens with zero attached hydrogens (tertiary/aromatic N) is 1. The maximum Gasteiger partial charge on any atom is 0.300 e. The number of hydrogen-bond acceptors (Lipinski definition) is 2. The fraction of sp³-hybridized carbons (Fsp3) is 0.368. The molecule has 3 rings (SSSR count). The van der Waals surface area contributed by atoms with Crippen molar-refractivity contribution in [3.63, 3.8) is 0 Å². The topological polar surface area (TPSA) is 57.8 Å². The van der Waals surface area contributed by atoms with Gasteiger partial charge in [0.05, 0.1) is 0 Å². The quantitative estimate of drug-likeness (QED) is 0.841. The minimum Gasteiger partial charge on any atom is -0.345 e. The van der Waals surface area contributed by atoms with Crippen molar-refractivity contribution in [2.45, 2.75) is 39.0 Å². The Morgan fingerprint density at radius 2 is 2.30 bits per heavy atom. The number of aromatic nitrogens is 2. The van der Waals surface area contributed by atoms with Crippen LogP contribution >= 0.6 is 0 Å². The summed E-state index contributed by atoms with van der Waals surface area (Å²) in [5.74, 6) is 6.96. The predicted molar refractivity (Wildman–Crippen MR) is 91.9 cm³/mol. The molecule has 0 bridgehead atoms. The van der Waals surface area contributed by atoms with E-state index in [0.29, 0.717) is 11.8 Å². The van der Waals surface area contributed by atoms with E-state index in [-0.39, 0.29) is 5.91 Å². The summed E-state index contributed by atoms with van der Waals surface area (Å²) in [6.45, 7) is 3.90. The maximum atomic E-state index is 11.9. The van der Waals surface area contributed by atoms with Crippen LogP contribution in [-0.2, 0) is 4.79 Å². The number of rotatable bonds is 4. The van der Waals surface area contributed by atoms with Gasteiger partial charge in [-0.25, -0.2) is 4.98 Å². The van der Waals surface area contributed by atoms with Gasteiger partial charge in [-0.15, -0.1) is 0 Å². The van der Waals surface area contributed by atoms with Gasteiger partial charge in [-0.1, -0.05) is 31.4 Å². The molecule has 1 fully saturated rings. The van der Waals surface area contributed by atoms with Crippen molar-refractivity contribution in [2.75, 3.05) is 5.32 Å². The number of nitrogens with one attached hydrogen (secondary N) is 2. The van der Waals surface area contributed by atoms with Crippen molar-refractivity contribution in [3.05, 3.63) is 36.2 Å². The molecule has 0 spiro atoms. The Balaban J connectivity index is 1.97. The lowest BCUT2D eigenvalue weighted by Gasteiger charge is -2.37. The second-order valence-corrected chi connectivity index (χ2v) is 5.92. The lowest BCUT2D eigenvalue weighted by atomic mass is 9.68. The third-order valence-corrected chi connectivity index (χ3v) is 4.65. The molecule has 2 aromatic rings. The van der Waals surface area contributed by atoms with Crippen LogP contribution in [0.15, 0.2) is 30.6 Å². The van der Waals surface area contributed by atoms with E-state index in [1.54, 1.807) is 19.3 Å². The highest BCUT2D eigenvalue weighted by molar-refractivity contribution is 6.04. The second-order valence-electron chi connectivity index (χ2n) is 5.92. The molecule has 118 valence electrons. The van der Waals surface area contributed by atoms with Crippen molar-refractivity contribution < 1.29 is 4.79 Å². The monoisotopic (exact) mass is 307 g/mol. The van der Waals surface area contributed by atoms with Crippen molar-refractivity contribution in [3.8, 4) is 23.2 Å². The van der Waals surface area contributed by atoms with Gasteiger partial charge >= 0.3 is 0 Å². The SMILES string of the molecule is CC#CC(=O)Nc1cc(-c2ncc[nH]2)ccc1C1CCC1CC. The summed E-state index contributed by atoms with van der Waals surface area (Å²) in [6, 6.07) is 6.19. The summed E-state index contributed by atoms with van der Waals surface area (Å²) in [7, 11) is 0. The average Bonchev–Trinajstić information content (AvgIpc) is 3.03. The Labute approximate surface area is 136 Å². The minimum absolute atomic E-state index is 0.266. The van der Waals surface area contributed by atoms with Gasteiger partial charge in [-0.3, -0.25) is 4.79 Å². The number of carbonyl (C=O) groups excluding carboxylic acids is 1. The number of anilines is 1. The van der Waals surface area contributed by atoms with Crippen LogP contribution < -0.4 is 5.32 Å². The van der Waals surface area contributed by atoms with Crippen LogP contribution in [0, 0.1) is 17.8 Å². The van der Waals surface area contributed by atoms with Gasteiger partial charge < -0.3 is 10.3 Å². The fourth-order valence-electron chi connectivity index (χ4n) is 3.29. The summed E-state index contributed by atoms with van der Waals surface area (Å²) in [6.07, 6.45) is 7.14. The van der Waals surface area contributed by atoms with E-state index in [9.17, 15) is 4.79 Å². The van der Waals surface area contributed by atoms with E-state index in [0.717, 1.165) is 17.1 Å². The number of aromatic amines is 1. The fourth-order valence-corrected chi connectivity index (χ4v) is 3.29. The Bertz CT molecular complexity index is 751. The number of hydrogen-bond donors (Lipinski definition) is 2. The summed E-state index contributed by atoms with van der Waals surface area (Å²) in [5.41, 5.74) is 3.03. The van der Waals surface area contributed by atoms with Crippen molar-refractivity contribution in [1.82, 2.24) is 9.97 Å². The van der Waals surface area contributed by atoms with Gasteiger partial charge in [0.1, 0.15) is 5.82 Å². The Kier molecular flexibility index (Phi) is 4.47. The zero-order valence-corrected chi connectivity index (χ0v) is 13.5. The molecule has 1 aromatic heterocycles. The molecule has 1 aliphatic rings. The first kappa shape index (κ1) is 15.4. The first-order valence-corrected chi connectivity index (χ1v) is 8.10. The van der Waals surface area contributed by atoms with E-state index in [1.807, 2.05) is 6.07 Å². The maximum absolute atomic E-state index is 11.9. The van der Waals surface area contributed by atoms with Crippen molar-refractivity contribution in [1.29, 1.82) is 0 Å². The van der Waals surface area contributed by atoms with Gasteiger partial charge in [0.25, 0.3) is 5.91 Å². The van der Waals surface area contributed by atoms with E-state index >= 15 is 0 Å². The summed E-state index contributed by atoms with van der Waals surface area (Å²) < 4.78 is 0. The van der Waals surface area contributed by atoms with Crippen molar-refractivity contribution >= 4 is 11.6 Å². The molecule has 1 aliphatic carbocycles. The van der Waals surface area contributed by atoms with E-state index in [4.69, 9.17) is 0 Å². The van der Waals surface area contributed by atoms with Gasteiger partial charge in [-0.2, -0.15) is 0 Å². The Morgan fingerprint density at radius 3 is 2.91 bits per heavy atom. The zero-order chi connectivity index (χ0) is 16.2. The molecule has 0 aliphatic heterocycles. The normalized spacial score (nSPS) is 19.4. The van der Waals surface area contributed by atoms with Crippen LogP contribution in [0.5, 0.6) is 0 Å². The van der Waals surface area contributed by atoms with E-state index < -0.39 is 0 Å². The second kappa shape index (κ2) is 6.70. The molecule has 1 saturated carbocycles. The van der Waals surface area contributed by atoms with Gasteiger partial charge in [-0.05, 0) is 49.2 Å². The average molecular weight is 307 g/mol. The molecule has 2 atom stereocenters. The van der Waals surface area contributed by atoms with Gasteiger partial charge in [0.15, 0.2) is 0 Å². The Morgan fingerprint density at radius 1 is 1.43 bits per heavy atom. The first-order chi connectivity index (χ1) is 11.2. The molecule has 0 saturated heterocycles. The zero-order valence-electron chi connectivity index (χ0n) is 13.5. The molecular weight excluding hydrogens is 286 g/mol. The summed E-state index contributed by atoms with van der Waals surface area (Å²) >= 11 is 0. The summed E-state index contributed by atoms with van der Waals surface area (Å²) in [5, 5.41) is 2.95. The number of carbonyl (C=O) groups is 1. The third-order valence-electron chi connectivity index (χ3n) is 4.65. The van der Waals surface area contributed by atoms with E-state index in [1.165, 1.54) is 24.8 Å². The highest BCUT2D eigenvalue weighted by atomic mass is 16.1. The largest absolute Gasteiger partial charge is 0.345 e. The van der Waals surface area contributed by atoms with Crippen LogP contribution in [0.25, 0.3) is 11.4 Å². The van der Waals surface area contributed by atoms with Crippen molar-refractivity contribution in [2.24, 2.45) is 5.92 Å². The highest BCUT2D eigenvalue weighted by Gasteiger charge is 2.32. The molecule has 1 aromatic carbocycles. The van der Waals surface area contributed by atoms with Gasteiger partial charge in [0, 0.05) is 23.6 Å². The van der Waals surface area contributed by atoms with Gasteiger partial charge in [0.2, 0.25) is 0 Å². The minimum atomic E-state index is -0.266. The molecule has 1 heterocycles. The molecule has 1 amide bonds. The van der Waals surface area contributed by atoms with E-state index in [2.05, 4.69) is 46.2 Å². The smallest absolute Gasteiger partial charge is 0.300 e. The molecule has 4 heteroatoms. The molecule has 4 nitrogen and oxygen atoms in total. The molecule has 23 heavy (non-hydrogen) atoms. The molecule has 2 N–H and O–H groups in total.